The molecule has 2 nitrogen and oxygen atoms in total. The van der Waals surface area contributed by atoms with Gasteiger partial charge in [0.2, 0.25) is 0 Å². The Kier molecular flexibility index (Phi) is 3.36. The molecule has 24 heavy (non-hydrogen) atoms. The van der Waals surface area contributed by atoms with Gasteiger partial charge < -0.3 is 4.57 Å². The van der Waals surface area contributed by atoms with E-state index in [0.29, 0.717) is 0 Å². The Balaban J connectivity index is 1.97. The Morgan fingerprint density at radius 1 is 0.917 bits per heavy atom. The van der Waals surface area contributed by atoms with Gasteiger partial charge in [0.05, 0.1) is 6.07 Å². The molecule has 116 valence electrons. The Morgan fingerprint density at radius 2 is 1.58 bits per heavy atom. The molecule has 0 spiro atoms. The first kappa shape index (κ1) is 14.5. The summed E-state index contributed by atoms with van der Waals surface area (Å²) in [6, 6.07) is 27.4. The van der Waals surface area contributed by atoms with Crippen molar-refractivity contribution in [1.82, 2.24) is 4.57 Å². The highest BCUT2D eigenvalue weighted by Crippen LogP contribution is 2.44. The normalized spacial score (nSPS) is 22.3. The predicted octanol–water partition coefficient (Wildman–Crippen LogP) is 4.96. The fourth-order valence-corrected chi connectivity index (χ4v) is 3.64. The molecule has 2 atom stereocenters. The number of nitrogens with zero attached hydrogens (tertiary/aromatic N) is 2. The minimum atomic E-state index is -0.640. The van der Waals surface area contributed by atoms with Crippen LogP contribution < -0.4 is 0 Å². The van der Waals surface area contributed by atoms with E-state index in [1.165, 1.54) is 11.1 Å². The summed E-state index contributed by atoms with van der Waals surface area (Å²) in [5.74, 6) is -0.00111. The molecule has 1 aliphatic rings. The van der Waals surface area contributed by atoms with Crippen LogP contribution >= 0.6 is 0 Å². The second-order valence-corrected chi connectivity index (χ2v) is 6.36. The lowest BCUT2D eigenvalue weighted by molar-refractivity contribution is 0.372. The van der Waals surface area contributed by atoms with Crippen LogP contribution in [0.5, 0.6) is 0 Å². The minimum absolute atomic E-state index is 0.00111. The number of nitriles is 1. The molecule has 0 aliphatic carbocycles. The molecule has 4 rings (SSSR count). The van der Waals surface area contributed by atoms with Crippen molar-refractivity contribution in [3.63, 3.8) is 0 Å². The van der Waals surface area contributed by atoms with E-state index >= 15 is 0 Å². The molecule has 0 saturated carbocycles. The summed E-state index contributed by atoms with van der Waals surface area (Å²) in [5.41, 5.74) is 3.98. The topological polar surface area (TPSA) is 28.7 Å². The molecule has 0 bridgehead atoms. The van der Waals surface area contributed by atoms with Crippen molar-refractivity contribution in [3.05, 3.63) is 102 Å². The van der Waals surface area contributed by atoms with Crippen molar-refractivity contribution in [2.24, 2.45) is 0 Å². The van der Waals surface area contributed by atoms with Gasteiger partial charge in [-0.25, -0.2) is 0 Å². The summed E-state index contributed by atoms with van der Waals surface area (Å²) >= 11 is 0. The van der Waals surface area contributed by atoms with E-state index in [9.17, 15) is 5.26 Å². The number of benzene rings is 2. The Labute approximate surface area is 142 Å². The summed E-state index contributed by atoms with van der Waals surface area (Å²) in [6.45, 7) is 2.02. The molecule has 0 N–H and O–H groups in total. The molecule has 0 saturated heterocycles. The second-order valence-electron chi connectivity index (χ2n) is 6.36. The fourth-order valence-electron chi connectivity index (χ4n) is 3.64. The number of fused-ring (bicyclic) bond motifs is 1. The molecular formula is C22H18N2. The largest absolute Gasteiger partial charge is 0.328 e. The van der Waals surface area contributed by atoms with E-state index in [2.05, 4.69) is 59.2 Å². The van der Waals surface area contributed by atoms with Gasteiger partial charge in [0, 0.05) is 23.4 Å². The zero-order valence-corrected chi connectivity index (χ0v) is 13.6. The molecule has 2 heterocycles. The molecule has 1 aliphatic heterocycles. The molecule has 1 aromatic heterocycles. The zero-order chi connectivity index (χ0) is 16.6. The Morgan fingerprint density at radius 3 is 2.25 bits per heavy atom. The first-order valence-corrected chi connectivity index (χ1v) is 8.16. The average molecular weight is 310 g/mol. The Bertz CT molecular complexity index is 929. The van der Waals surface area contributed by atoms with Crippen LogP contribution in [0, 0.1) is 11.3 Å². The van der Waals surface area contributed by atoms with Crippen molar-refractivity contribution in [3.8, 4) is 6.07 Å². The lowest BCUT2D eigenvalue weighted by Crippen LogP contribution is -2.38. The molecule has 0 fully saturated rings. The van der Waals surface area contributed by atoms with Crippen LogP contribution in [0.2, 0.25) is 0 Å². The number of allylic oxidation sites excluding steroid dienone is 1. The third-order valence-electron chi connectivity index (χ3n) is 4.93. The highest BCUT2D eigenvalue weighted by Gasteiger charge is 2.40. The average Bonchev–Trinajstić information content (AvgIpc) is 3.14. The molecular weight excluding hydrogens is 292 g/mol. The quantitative estimate of drug-likeness (QED) is 0.658. The van der Waals surface area contributed by atoms with Gasteiger partial charge in [-0.2, -0.15) is 5.26 Å². The van der Waals surface area contributed by atoms with Gasteiger partial charge in [-0.1, -0.05) is 66.7 Å². The van der Waals surface area contributed by atoms with Crippen LogP contribution in [0.4, 0.5) is 0 Å². The summed E-state index contributed by atoms with van der Waals surface area (Å²) < 4.78 is 2.12. The first-order valence-electron chi connectivity index (χ1n) is 8.16. The highest BCUT2D eigenvalue weighted by molar-refractivity contribution is 5.80. The zero-order valence-electron chi connectivity index (χ0n) is 13.6. The van der Waals surface area contributed by atoms with Gasteiger partial charge in [-0.15, -0.1) is 0 Å². The second kappa shape index (κ2) is 5.54. The fraction of sp³-hybridized carbons (Fsp3) is 0.136. The van der Waals surface area contributed by atoms with Crippen LogP contribution in [0.3, 0.4) is 0 Å². The van der Waals surface area contributed by atoms with Crippen molar-refractivity contribution < 1.29 is 0 Å². The van der Waals surface area contributed by atoms with Gasteiger partial charge >= 0.3 is 0 Å². The molecule has 2 heteroatoms. The number of hydrogen-bond donors (Lipinski definition) is 0. The van der Waals surface area contributed by atoms with Crippen molar-refractivity contribution >= 4 is 5.57 Å². The van der Waals surface area contributed by atoms with Crippen LogP contribution in [-0.4, -0.2) is 4.57 Å². The summed E-state index contributed by atoms with van der Waals surface area (Å²) in [7, 11) is 0. The highest BCUT2D eigenvalue weighted by atomic mass is 15.1. The van der Waals surface area contributed by atoms with E-state index in [4.69, 9.17) is 0 Å². The lowest BCUT2D eigenvalue weighted by atomic mass is 9.76. The van der Waals surface area contributed by atoms with Gasteiger partial charge in [0.1, 0.15) is 5.54 Å². The van der Waals surface area contributed by atoms with Crippen LogP contribution in [-0.2, 0) is 5.54 Å². The maximum absolute atomic E-state index is 10.0. The molecule has 3 aromatic rings. The van der Waals surface area contributed by atoms with Crippen molar-refractivity contribution in [1.29, 1.82) is 5.26 Å². The molecule has 0 radical (unpaired) electrons. The van der Waals surface area contributed by atoms with Crippen molar-refractivity contribution in [2.75, 3.05) is 0 Å². The van der Waals surface area contributed by atoms with E-state index in [0.717, 1.165) is 11.3 Å². The van der Waals surface area contributed by atoms with E-state index in [1.54, 1.807) is 0 Å². The van der Waals surface area contributed by atoms with Crippen LogP contribution in [0.25, 0.3) is 5.57 Å². The smallest absolute Gasteiger partial charge is 0.139 e. The molecule has 0 amide bonds. The SMILES string of the molecule is CC1(C#N)C(c2ccccc2)C=C(c2ccccc2)c2cccn21. The summed E-state index contributed by atoms with van der Waals surface area (Å²) in [6.07, 6.45) is 4.27. The van der Waals surface area contributed by atoms with Crippen LogP contribution in [0.15, 0.2) is 85.1 Å². The number of hydrogen-bond acceptors (Lipinski definition) is 1. The third kappa shape index (κ3) is 2.10. The monoisotopic (exact) mass is 310 g/mol. The first-order chi connectivity index (χ1) is 11.7. The summed E-state index contributed by atoms with van der Waals surface area (Å²) in [4.78, 5) is 0. The number of aromatic nitrogens is 1. The van der Waals surface area contributed by atoms with Crippen molar-refractivity contribution in [2.45, 2.75) is 18.4 Å². The Hall–Kier alpha value is -3.05. The van der Waals surface area contributed by atoms with E-state index in [1.807, 2.05) is 43.5 Å². The third-order valence-corrected chi connectivity index (χ3v) is 4.93. The lowest BCUT2D eigenvalue weighted by Gasteiger charge is -2.38. The van der Waals surface area contributed by atoms with E-state index < -0.39 is 5.54 Å². The number of rotatable bonds is 2. The predicted molar refractivity (Wildman–Crippen MR) is 96.4 cm³/mol. The van der Waals surface area contributed by atoms with Crippen LogP contribution in [0.1, 0.15) is 29.7 Å². The van der Waals surface area contributed by atoms with E-state index in [-0.39, 0.29) is 5.92 Å². The molecule has 2 aromatic carbocycles. The van der Waals surface area contributed by atoms with Gasteiger partial charge in [0.15, 0.2) is 0 Å². The maximum atomic E-state index is 10.0. The standard InChI is InChI=1S/C22H18N2/c1-22(16-23)20(18-11-6-3-7-12-18)15-19(17-9-4-2-5-10-17)21-13-8-14-24(21)22/h2-15,20H,1H3. The maximum Gasteiger partial charge on any atom is 0.139 e. The van der Waals surface area contributed by atoms with Gasteiger partial charge in [-0.05, 0) is 30.2 Å². The minimum Gasteiger partial charge on any atom is -0.328 e. The summed E-state index contributed by atoms with van der Waals surface area (Å²) in [5, 5.41) is 10.0. The van der Waals surface area contributed by atoms with Gasteiger partial charge in [-0.3, -0.25) is 0 Å². The molecule has 2 unspecified atom stereocenters. The van der Waals surface area contributed by atoms with Gasteiger partial charge in [0.25, 0.3) is 0 Å².